The third kappa shape index (κ3) is 5.13. The zero-order valence-electron chi connectivity index (χ0n) is 15.8. The Hall–Kier alpha value is -2.81. The molecule has 2 aromatic rings. The zero-order chi connectivity index (χ0) is 20.7. The highest BCUT2D eigenvalue weighted by Gasteiger charge is 2.22. The topological polar surface area (TPSA) is 113 Å². The Morgan fingerprint density at radius 3 is 2.50 bits per heavy atom. The van der Waals surface area contributed by atoms with Crippen LogP contribution in [-0.4, -0.2) is 33.2 Å². The Labute approximate surface area is 166 Å². The average molecular weight is 405 g/mol. The highest BCUT2D eigenvalue weighted by atomic mass is 32.2. The van der Waals surface area contributed by atoms with Crippen molar-refractivity contribution in [2.24, 2.45) is 7.05 Å². The summed E-state index contributed by atoms with van der Waals surface area (Å²) in [5, 5.41) is 0. The summed E-state index contributed by atoms with van der Waals surface area (Å²) < 4.78 is 6.99. The van der Waals surface area contributed by atoms with Gasteiger partial charge in [0.15, 0.2) is 6.61 Å². The van der Waals surface area contributed by atoms with Gasteiger partial charge in [0.25, 0.3) is 5.56 Å². The van der Waals surface area contributed by atoms with Crippen LogP contribution < -0.4 is 17.0 Å². The second kappa shape index (κ2) is 9.93. The first-order valence-electron chi connectivity index (χ1n) is 8.82. The predicted octanol–water partition coefficient (Wildman–Crippen LogP) is 1.45. The van der Waals surface area contributed by atoms with Gasteiger partial charge in [0.2, 0.25) is 5.78 Å². The molecule has 150 valence electrons. The number of benzene rings is 1. The number of nitrogens with zero attached hydrogens (tertiary/aromatic N) is 2. The van der Waals surface area contributed by atoms with Crippen molar-refractivity contribution >= 4 is 29.3 Å². The number of hydrogen-bond acceptors (Lipinski definition) is 7. The number of rotatable bonds is 9. The lowest BCUT2D eigenvalue weighted by Gasteiger charge is -2.13. The maximum Gasteiger partial charge on any atom is 0.332 e. The number of carbonyl (C=O) groups is 2. The smallest absolute Gasteiger partial charge is 0.332 e. The molecule has 0 unspecified atom stereocenters. The number of nitrogen functional groups attached to an aromatic ring is 1. The molecule has 9 heteroatoms. The molecule has 2 rings (SSSR count). The Morgan fingerprint density at radius 1 is 1.18 bits per heavy atom. The van der Waals surface area contributed by atoms with Crippen LogP contribution in [0.5, 0.6) is 0 Å². The molecule has 2 N–H and O–H groups in total. The van der Waals surface area contributed by atoms with Gasteiger partial charge in [-0.25, -0.2) is 4.79 Å². The fourth-order valence-corrected chi connectivity index (χ4v) is 3.40. The Bertz CT molecular complexity index is 966. The molecule has 0 spiro atoms. The van der Waals surface area contributed by atoms with Gasteiger partial charge in [0.05, 0.1) is 6.42 Å². The van der Waals surface area contributed by atoms with Gasteiger partial charge in [0, 0.05) is 24.2 Å². The summed E-state index contributed by atoms with van der Waals surface area (Å²) in [5.41, 5.74) is 4.16. The van der Waals surface area contributed by atoms with E-state index in [0.29, 0.717) is 12.2 Å². The third-order valence-corrected chi connectivity index (χ3v) is 5.01. The number of Topliss-reactive ketones (excluding diaryl/α,β-unsaturated/α-hetero) is 1. The molecule has 0 aliphatic rings. The molecule has 0 bridgehead atoms. The van der Waals surface area contributed by atoms with Crippen LogP contribution in [0.3, 0.4) is 0 Å². The van der Waals surface area contributed by atoms with Gasteiger partial charge in [-0.2, -0.15) is 0 Å². The molecule has 0 saturated heterocycles. The van der Waals surface area contributed by atoms with Gasteiger partial charge in [-0.05, 0) is 18.6 Å². The lowest BCUT2D eigenvalue weighted by molar-refractivity contribution is -0.141. The second-order valence-corrected chi connectivity index (χ2v) is 7.22. The molecule has 0 amide bonds. The van der Waals surface area contributed by atoms with Gasteiger partial charge >= 0.3 is 11.7 Å². The van der Waals surface area contributed by atoms with E-state index in [9.17, 15) is 19.2 Å². The first kappa shape index (κ1) is 21.5. The van der Waals surface area contributed by atoms with Crippen LogP contribution in [0.4, 0.5) is 5.82 Å². The van der Waals surface area contributed by atoms with E-state index in [1.54, 1.807) is 0 Å². The van der Waals surface area contributed by atoms with Crippen molar-refractivity contribution in [2.75, 3.05) is 18.1 Å². The summed E-state index contributed by atoms with van der Waals surface area (Å²) >= 11 is 1.50. The summed E-state index contributed by atoms with van der Waals surface area (Å²) in [4.78, 5) is 49.7. The van der Waals surface area contributed by atoms with Crippen LogP contribution in [0.25, 0.3) is 0 Å². The maximum absolute atomic E-state index is 12.4. The average Bonchev–Trinajstić information content (AvgIpc) is 2.69. The fourth-order valence-electron chi connectivity index (χ4n) is 2.54. The molecule has 1 aromatic heterocycles. The minimum absolute atomic E-state index is 0.121. The van der Waals surface area contributed by atoms with E-state index in [0.717, 1.165) is 9.46 Å². The van der Waals surface area contributed by atoms with Gasteiger partial charge in [-0.15, -0.1) is 11.8 Å². The van der Waals surface area contributed by atoms with Crippen molar-refractivity contribution in [1.82, 2.24) is 9.13 Å². The van der Waals surface area contributed by atoms with Gasteiger partial charge < -0.3 is 10.5 Å². The number of esters is 1. The molecule has 1 heterocycles. The number of ketones is 1. The standard InChI is InChI=1S/C19H23N3O5S/c1-3-10-22-17(20)16(18(25)21(2)19(22)26)14(23)12-27-15(24)9-11-28-13-7-5-4-6-8-13/h4-8H,3,9-12,20H2,1-2H3. The second-order valence-electron chi connectivity index (χ2n) is 6.05. The van der Waals surface area contributed by atoms with Crippen LogP contribution >= 0.6 is 11.8 Å². The minimum Gasteiger partial charge on any atom is -0.457 e. The molecular formula is C19H23N3O5S. The van der Waals surface area contributed by atoms with Crippen molar-refractivity contribution in [3.63, 3.8) is 0 Å². The molecule has 0 fully saturated rings. The number of ether oxygens (including phenoxy) is 1. The molecule has 1 aromatic carbocycles. The summed E-state index contributed by atoms with van der Waals surface area (Å²) in [6.45, 7) is 1.52. The van der Waals surface area contributed by atoms with E-state index in [2.05, 4.69) is 0 Å². The number of anilines is 1. The first-order chi connectivity index (χ1) is 13.4. The number of carbonyl (C=O) groups excluding carboxylic acids is 2. The van der Waals surface area contributed by atoms with Gasteiger partial charge in [0.1, 0.15) is 11.4 Å². The normalized spacial score (nSPS) is 10.6. The Kier molecular flexibility index (Phi) is 7.62. The minimum atomic E-state index is -0.796. The highest BCUT2D eigenvalue weighted by molar-refractivity contribution is 7.99. The van der Waals surface area contributed by atoms with Crippen LogP contribution in [0.1, 0.15) is 30.1 Å². The lowest BCUT2D eigenvalue weighted by Crippen LogP contribution is -2.43. The van der Waals surface area contributed by atoms with E-state index in [1.165, 1.54) is 23.4 Å². The number of aromatic nitrogens is 2. The van der Waals surface area contributed by atoms with E-state index in [4.69, 9.17) is 10.5 Å². The first-order valence-corrected chi connectivity index (χ1v) is 9.81. The van der Waals surface area contributed by atoms with Gasteiger partial charge in [-0.1, -0.05) is 25.1 Å². The number of nitrogens with two attached hydrogens (primary N) is 1. The third-order valence-electron chi connectivity index (χ3n) is 3.99. The molecule has 0 radical (unpaired) electrons. The maximum atomic E-state index is 12.4. The van der Waals surface area contributed by atoms with Crippen molar-refractivity contribution in [3.05, 3.63) is 56.7 Å². The fraction of sp³-hybridized carbons (Fsp3) is 0.368. The van der Waals surface area contributed by atoms with Crippen LogP contribution in [0, 0.1) is 0 Å². The van der Waals surface area contributed by atoms with Crippen LogP contribution in [-0.2, 0) is 23.1 Å². The lowest BCUT2D eigenvalue weighted by atomic mass is 10.2. The van der Waals surface area contributed by atoms with E-state index in [1.807, 2.05) is 37.3 Å². The molecular weight excluding hydrogens is 382 g/mol. The van der Waals surface area contributed by atoms with Crippen molar-refractivity contribution in [1.29, 1.82) is 0 Å². The van der Waals surface area contributed by atoms with Crippen molar-refractivity contribution in [2.45, 2.75) is 31.2 Å². The number of hydrogen-bond donors (Lipinski definition) is 1. The molecule has 0 aliphatic heterocycles. The summed E-state index contributed by atoms with van der Waals surface area (Å²) in [5.74, 6) is -0.973. The molecule has 0 saturated carbocycles. The van der Waals surface area contributed by atoms with Crippen LogP contribution in [0.2, 0.25) is 0 Å². The quantitative estimate of drug-likeness (QED) is 0.381. The van der Waals surface area contributed by atoms with Crippen molar-refractivity contribution < 1.29 is 14.3 Å². The Morgan fingerprint density at radius 2 is 1.86 bits per heavy atom. The van der Waals surface area contributed by atoms with E-state index in [-0.39, 0.29) is 24.3 Å². The molecule has 0 atom stereocenters. The predicted molar refractivity (Wildman–Crippen MR) is 108 cm³/mol. The SMILES string of the molecule is CCCn1c(N)c(C(=O)COC(=O)CCSc2ccccc2)c(=O)n(C)c1=O. The van der Waals surface area contributed by atoms with E-state index < -0.39 is 29.6 Å². The summed E-state index contributed by atoms with van der Waals surface area (Å²) in [6, 6.07) is 9.58. The summed E-state index contributed by atoms with van der Waals surface area (Å²) in [7, 11) is 1.28. The van der Waals surface area contributed by atoms with Crippen LogP contribution in [0.15, 0.2) is 44.8 Å². The largest absolute Gasteiger partial charge is 0.457 e. The Balaban J connectivity index is 2.00. The van der Waals surface area contributed by atoms with Gasteiger partial charge in [-0.3, -0.25) is 23.5 Å². The molecule has 28 heavy (non-hydrogen) atoms. The monoisotopic (exact) mass is 405 g/mol. The zero-order valence-corrected chi connectivity index (χ0v) is 16.7. The summed E-state index contributed by atoms with van der Waals surface area (Å²) in [6.07, 6.45) is 0.722. The van der Waals surface area contributed by atoms with E-state index >= 15 is 0 Å². The highest BCUT2D eigenvalue weighted by Crippen LogP contribution is 2.17. The number of thioether (sulfide) groups is 1. The van der Waals surface area contributed by atoms with Crippen molar-refractivity contribution in [3.8, 4) is 0 Å². The molecule has 0 aliphatic carbocycles. The molecule has 8 nitrogen and oxygen atoms in total.